The minimum Gasteiger partial charge on any atom is -0.426 e. The Balaban J connectivity index is 1.90. The Labute approximate surface area is 212 Å². The van der Waals surface area contributed by atoms with Crippen LogP contribution in [0, 0.1) is 6.92 Å². The molecule has 0 aliphatic heterocycles. The third kappa shape index (κ3) is 10.8. The first kappa shape index (κ1) is 28.9. The summed E-state index contributed by atoms with van der Waals surface area (Å²) in [7, 11) is 0. The third-order valence-electron chi connectivity index (χ3n) is 6.55. The van der Waals surface area contributed by atoms with Crippen LogP contribution in [0.15, 0.2) is 30.3 Å². The van der Waals surface area contributed by atoms with Crippen molar-refractivity contribution in [1.82, 2.24) is 0 Å². The summed E-state index contributed by atoms with van der Waals surface area (Å²) >= 11 is 0. The van der Waals surface area contributed by atoms with Crippen LogP contribution >= 0.6 is 0 Å². The second kappa shape index (κ2) is 17.1. The fourth-order valence-corrected chi connectivity index (χ4v) is 4.46. The van der Waals surface area contributed by atoms with Crippen molar-refractivity contribution in [2.24, 2.45) is 0 Å². The van der Waals surface area contributed by atoms with E-state index in [1.165, 1.54) is 64.2 Å². The smallest absolute Gasteiger partial charge is 0.311 e. The topological polar surface area (TPSA) is 52.6 Å². The summed E-state index contributed by atoms with van der Waals surface area (Å²) in [5, 5.41) is 1.60. The number of esters is 2. The Morgan fingerprint density at radius 2 is 1.09 bits per heavy atom. The molecule has 0 spiro atoms. The highest BCUT2D eigenvalue weighted by molar-refractivity contribution is 5.97. The average molecular weight is 483 g/mol. The van der Waals surface area contributed by atoms with Crippen LogP contribution in [0.2, 0.25) is 0 Å². The van der Waals surface area contributed by atoms with Gasteiger partial charge in [0.25, 0.3) is 0 Å². The number of unbranched alkanes of at least 4 members (excludes halogenated alkanes) is 12. The number of rotatable bonds is 18. The molecule has 0 aliphatic carbocycles. The van der Waals surface area contributed by atoms with Crippen LogP contribution in [-0.4, -0.2) is 11.9 Å². The lowest BCUT2D eigenvalue weighted by Crippen LogP contribution is -2.11. The van der Waals surface area contributed by atoms with Crippen LogP contribution in [-0.2, 0) is 9.59 Å². The quantitative estimate of drug-likeness (QED) is 0.121. The molecule has 0 radical (unpaired) electrons. The maximum atomic E-state index is 12.5. The van der Waals surface area contributed by atoms with Gasteiger partial charge in [-0.25, -0.2) is 0 Å². The fraction of sp³-hybridized carbons (Fsp3) is 0.613. The van der Waals surface area contributed by atoms with Gasteiger partial charge in [0.1, 0.15) is 11.5 Å². The van der Waals surface area contributed by atoms with Crippen LogP contribution in [0.1, 0.15) is 122 Å². The van der Waals surface area contributed by atoms with Gasteiger partial charge in [-0.3, -0.25) is 9.59 Å². The molecule has 0 N–H and O–H groups in total. The second-order valence-electron chi connectivity index (χ2n) is 9.76. The fourth-order valence-electron chi connectivity index (χ4n) is 4.46. The number of benzene rings is 2. The van der Waals surface area contributed by atoms with Crippen LogP contribution in [0.4, 0.5) is 0 Å². The highest BCUT2D eigenvalue weighted by Gasteiger charge is 2.16. The maximum absolute atomic E-state index is 12.5. The number of fused-ring (bicyclic) bond motifs is 1. The summed E-state index contributed by atoms with van der Waals surface area (Å²) in [5.74, 6) is 0.709. The molecule has 0 bridgehead atoms. The van der Waals surface area contributed by atoms with Crippen molar-refractivity contribution in [3.8, 4) is 11.5 Å². The average Bonchev–Trinajstić information content (AvgIpc) is 2.85. The Bertz CT molecular complexity index is 902. The SMILES string of the molecule is CCCCCCCCCC(=O)Oc1cc(C)c(OC(=O)CCCCCCCCC)c2ccccc12. The minimum atomic E-state index is -0.202. The van der Waals surface area contributed by atoms with E-state index >= 15 is 0 Å². The summed E-state index contributed by atoms with van der Waals surface area (Å²) in [6.45, 7) is 6.33. The van der Waals surface area contributed by atoms with Crippen molar-refractivity contribution >= 4 is 22.7 Å². The van der Waals surface area contributed by atoms with Crippen molar-refractivity contribution in [2.75, 3.05) is 0 Å². The Morgan fingerprint density at radius 1 is 0.629 bits per heavy atom. The van der Waals surface area contributed by atoms with Crippen molar-refractivity contribution in [3.63, 3.8) is 0 Å². The van der Waals surface area contributed by atoms with Gasteiger partial charge < -0.3 is 9.47 Å². The first-order valence-electron chi connectivity index (χ1n) is 14.0. The second-order valence-corrected chi connectivity index (χ2v) is 9.76. The van der Waals surface area contributed by atoms with Crippen LogP contribution in [0.5, 0.6) is 11.5 Å². The molecule has 2 aromatic rings. The van der Waals surface area contributed by atoms with E-state index in [1.807, 2.05) is 37.3 Å². The highest BCUT2D eigenvalue weighted by atomic mass is 16.5. The van der Waals surface area contributed by atoms with E-state index in [1.54, 1.807) is 0 Å². The lowest BCUT2D eigenvalue weighted by molar-refractivity contribution is -0.135. The summed E-state index contributed by atoms with van der Waals surface area (Å²) in [5.41, 5.74) is 0.801. The van der Waals surface area contributed by atoms with E-state index in [0.29, 0.717) is 24.3 Å². The number of aryl methyl sites for hydroxylation is 1. The number of carbonyl (C=O) groups excluding carboxylic acids is 2. The van der Waals surface area contributed by atoms with E-state index < -0.39 is 0 Å². The van der Waals surface area contributed by atoms with Gasteiger partial charge in [-0.2, -0.15) is 0 Å². The molecule has 0 heterocycles. The van der Waals surface area contributed by atoms with Gasteiger partial charge in [0.2, 0.25) is 0 Å². The van der Waals surface area contributed by atoms with Crippen molar-refractivity contribution < 1.29 is 19.1 Å². The molecular weight excluding hydrogens is 436 g/mol. The van der Waals surface area contributed by atoms with Crippen LogP contribution in [0.25, 0.3) is 10.8 Å². The van der Waals surface area contributed by atoms with Gasteiger partial charge in [0, 0.05) is 23.6 Å². The maximum Gasteiger partial charge on any atom is 0.311 e. The summed E-state index contributed by atoms with van der Waals surface area (Å²) < 4.78 is 11.6. The van der Waals surface area contributed by atoms with Gasteiger partial charge in [-0.15, -0.1) is 0 Å². The molecule has 0 aliphatic rings. The molecule has 35 heavy (non-hydrogen) atoms. The molecule has 2 rings (SSSR count). The number of carbonyl (C=O) groups is 2. The summed E-state index contributed by atoms with van der Waals surface area (Å²) in [6.07, 6.45) is 17.2. The van der Waals surface area contributed by atoms with E-state index in [0.717, 1.165) is 42.0 Å². The zero-order valence-corrected chi connectivity index (χ0v) is 22.3. The number of ether oxygens (including phenoxy) is 2. The third-order valence-corrected chi connectivity index (χ3v) is 6.55. The minimum absolute atomic E-state index is 0.199. The molecule has 2 aromatic carbocycles. The predicted octanol–water partition coefficient (Wildman–Crippen LogP) is 9.24. The first-order chi connectivity index (χ1) is 17.1. The van der Waals surface area contributed by atoms with Crippen LogP contribution in [0.3, 0.4) is 0 Å². The molecule has 0 atom stereocenters. The predicted molar refractivity (Wildman–Crippen MR) is 145 cm³/mol. The monoisotopic (exact) mass is 482 g/mol. The van der Waals surface area contributed by atoms with E-state index in [4.69, 9.17) is 9.47 Å². The molecule has 0 fully saturated rings. The zero-order chi connectivity index (χ0) is 25.3. The van der Waals surface area contributed by atoms with E-state index in [-0.39, 0.29) is 11.9 Å². The Kier molecular flexibility index (Phi) is 14.1. The Morgan fingerprint density at radius 3 is 1.63 bits per heavy atom. The molecular formula is C31H46O4. The van der Waals surface area contributed by atoms with Gasteiger partial charge in [0.15, 0.2) is 0 Å². The molecule has 4 heteroatoms. The van der Waals surface area contributed by atoms with Gasteiger partial charge in [-0.05, 0) is 31.4 Å². The zero-order valence-electron chi connectivity index (χ0n) is 22.3. The lowest BCUT2D eigenvalue weighted by Gasteiger charge is -2.15. The molecule has 0 saturated carbocycles. The van der Waals surface area contributed by atoms with Crippen LogP contribution < -0.4 is 9.47 Å². The van der Waals surface area contributed by atoms with Crippen molar-refractivity contribution in [3.05, 3.63) is 35.9 Å². The lowest BCUT2D eigenvalue weighted by atomic mass is 10.0. The molecule has 4 nitrogen and oxygen atoms in total. The standard InChI is InChI=1S/C31H46O4/c1-4-6-8-10-12-14-16-22-29(32)34-28-24-25(3)31(27-21-19-18-20-26(27)28)35-30(33)23-17-15-13-11-9-7-5-2/h18-21,24H,4-17,22-23H2,1-3H3. The summed E-state index contributed by atoms with van der Waals surface area (Å²) in [4.78, 5) is 25.0. The number of hydrogen-bond donors (Lipinski definition) is 0. The first-order valence-corrected chi connectivity index (χ1v) is 14.0. The Hall–Kier alpha value is -2.36. The van der Waals surface area contributed by atoms with E-state index in [2.05, 4.69) is 13.8 Å². The molecule has 0 saturated heterocycles. The largest absolute Gasteiger partial charge is 0.426 e. The van der Waals surface area contributed by atoms with Crippen molar-refractivity contribution in [2.45, 2.75) is 124 Å². The van der Waals surface area contributed by atoms with E-state index in [9.17, 15) is 9.59 Å². The van der Waals surface area contributed by atoms with Gasteiger partial charge >= 0.3 is 11.9 Å². The van der Waals surface area contributed by atoms with Gasteiger partial charge in [0.05, 0.1) is 0 Å². The molecule has 0 amide bonds. The molecule has 0 aromatic heterocycles. The highest BCUT2D eigenvalue weighted by Crippen LogP contribution is 2.37. The normalized spacial score (nSPS) is 11.1. The molecule has 0 unspecified atom stereocenters. The van der Waals surface area contributed by atoms with Gasteiger partial charge in [-0.1, -0.05) is 115 Å². The number of hydrogen-bond acceptors (Lipinski definition) is 4. The summed E-state index contributed by atoms with van der Waals surface area (Å²) in [6, 6.07) is 9.49. The molecule has 194 valence electrons. The van der Waals surface area contributed by atoms with Crippen molar-refractivity contribution in [1.29, 1.82) is 0 Å².